The second-order valence-corrected chi connectivity index (χ2v) is 18.5. The van der Waals surface area contributed by atoms with Gasteiger partial charge in [-0.05, 0) is 96.3 Å². The zero-order valence-electron chi connectivity index (χ0n) is 29.4. The molecule has 0 radical (unpaired) electrons. The normalized spacial score (nSPS) is 14.2. The van der Waals surface area contributed by atoms with Gasteiger partial charge in [0.05, 0.1) is 0 Å². The molecule has 2 aromatic rings. The smallest absolute Gasteiger partial charge is 0.0126 e. The van der Waals surface area contributed by atoms with Gasteiger partial charge in [-0.25, -0.2) is 0 Å². The predicted molar refractivity (Wildman–Crippen MR) is 177 cm³/mol. The van der Waals surface area contributed by atoms with Gasteiger partial charge in [-0.15, -0.1) is 0 Å². The number of hydrogen-bond acceptors (Lipinski definition) is 0. The zero-order valence-corrected chi connectivity index (χ0v) is 29.4. The van der Waals surface area contributed by atoms with E-state index >= 15 is 0 Å². The second-order valence-electron chi connectivity index (χ2n) is 18.5. The van der Waals surface area contributed by atoms with Crippen molar-refractivity contribution in [1.82, 2.24) is 0 Å². The van der Waals surface area contributed by atoms with Crippen LogP contribution in [-0.4, -0.2) is 0 Å². The lowest BCUT2D eigenvalue weighted by atomic mass is 9.68. The SMILES string of the molecule is CC(C)(C)c1cc(C(C)(C)C)c(C(C)(C)C)cc1CCCc1cc(C(C)(C)C)c(C(C)(C)C)c(C(C)(C)C)c1. The Morgan fingerprint density at radius 1 is 0.359 bits per heavy atom. The number of aryl methyl sites for hydroxylation is 2. The Balaban J connectivity index is 2.61. The zero-order chi connectivity index (χ0) is 30.6. The van der Waals surface area contributed by atoms with Crippen molar-refractivity contribution in [3.05, 3.63) is 68.8 Å². The monoisotopic (exact) mass is 533 g/mol. The third kappa shape index (κ3) is 8.24. The fraction of sp³-hybridized carbons (Fsp3) is 0.692. The molecule has 0 aliphatic rings. The highest BCUT2D eigenvalue weighted by atomic mass is 14.4. The van der Waals surface area contributed by atoms with Crippen LogP contribution < -0.4 is 0 Å². The molecule has 2 rings (SSSR count). The maximum Gasteiger partial charge on any atom is -0.0126 e. The van der Waals surface area contributed by atoms with E-state index in [0.29, 0.717) is 0 Å². The van der Waals surface area contributed by atoms with Crippen LogP contribution in [0.25, 0.3) is 0 Å². The summed E-state index contributed by atoms with van der Waals surface area (Å²) in [6, 6.07) is 10.2. The Labute approximate surface area is 244 Å². The van der Waals surface area contributed by atoms with Crippen molar-refractivity contribution in [2.45, 2.75) is 176 Å². The van der Waals surface area contributed by atoms with Gasteiger partial charge in [0, 0.05) is 0 Å². The van der Waals surface area contributed by atoms with Crippen molar-refractivity contribution in [1.29, 1.82) is 0 Å². The van der Waals surface area contributed by atoms with Gasteiger partial charge in [0.1, 0.15) is 0 Å². The minimum absolute atomic E-state index is 0.114. The molecule has 0 spiro atoms. The van der Waals surface area contributed by atoms with Crippen molar-refractivity contribution in [2.24, 2.45) is 0 Å². The first-order valence-corrected chi connectivity index (χ1v) is 15.5. The predicted octanol–water partition coefficient (Wildman–Crippen LogP) is 11.6. The van der Waals surface area contributed by atoms with Crippen molar-refractivity contribution in [3.63, 3.8) is 0 Å². The molecule has 0 unspecified atom stereocenters. The lowest BCUT2D eigenvalue weighted by Crippen LogP contribution is -2.28. The highest BCUT2D eigenvalue weighted by Gasteiger charge is 2.33. The summed E-state index contributed by atoms with van der Waals surface area (Å²) < 4.78 is 0. The van der Waals surface area contributed by atoms with E-state index < -0.39 is 0 Å². The summed E-state index contributed by atoms with van der Waals surface area (Å²) in [4.78, 5) is 0. The number of rotatable bonds is 4. The summed E-state index contributed by atoms with van der Waals surface area (Å²) in [6.45, 7) is 42.8. The molecule has 39 heavy (non-hydrogen) atoms. The van der Waals surface area contributed by atoms with Crippen LogP contribution in [0.2, 0.25) is 0 Å². The van der Waals surface area contributed by atoms with E-state index in [1.54, 1.807) is 11.1 Å². The van der Waals surface area contributed by atoms with Gasteiger partial charge >= 0.3 is 0 Å². The number of hydrogen-bond donors (Lipinski definition) is 0. The fourth-order valence-corrected chi connectivity index (χ4v) is 6.11. The molecule has 0 aliphatic heterocycles. The quantitative estimate of drug-likeness (QED) is 0.367. The molecule has 0 atom stereocenters. The molecular weight excluding hydrogens is 468 g/mol. The van der Waals surface area contributed by atoms with Gasteiger partial charge in [0.15, 0.2) is 0 Å². The van der Waals surface area contributed by atoms with Gasteiger partial charge in [-0.3, -0.25) is 0 Å². The van der Waals surface area contributed by atoms with E-state index in [0.717, 1.165) is 12.8 Å². The molecule has 0 heteroatoms. The van der Waals surface area contributed by atoms with E-state index in [4.69, 9.17) is 0 Å². The molecule has 0 saturated carbocycles. The highest BCUT2D eigenvalue weighted by Crippen LogP contribution is 2.42. The minimum atomic E-state index is 0.114. The summed E-state index contributed by atoms with van der Waals surface area (Å²) in [5.74, 6) is 0. The van der Waals surface area contributed by atoms with E-state index in [1.165, 1.54) is 39.8 Å². The molecule has 0 fully saturated rings. The maximum atomic E-state index is 2.57. The van der Waals surface area contributed by atoms with Crippen molar-refractivity contribution >= 4 is 0 Å². The van der Waals surface area contributed by atoms with Crippen LogP contribution in [0.15, 0.2) is 24.3 Å². The largest absolute Gasteiger partial charge is 0.0561 e. The van der Waals surface area contributed by atoms with Gasteiger partial charge in [-0.2, -0.15) is 0 Å². The Morgan fingerprint density at radius 3 is 1.05 bits per heavy atom. The Bertz CT molecular complexity index is 1110. The number of benzene rings is 2. The Kier molecular flexibility index (Phi) is 9.22. The lowest BCUT2D eigenvalue weighted by molar-refractivity contribution is 0.496. The first-order chi connectivity index (χ1) is 17.1. The average molecular weight is 533 g/mol. The van der Waals surface area contributed by atoms with Crippen molar-refractivity contribution in [2.75, 3.05) is 0 Å². The molecule has 0 nitrogen and oxygen atoms in total. The third-order valence-corrected chi connectivity index (χ3v) is 8.14. The Hall–Kier alpha value is -1.56. The van der Waals surface area contributed by atoms with Crippen LogP contribution in [0.4, 0.5) is 0 Å². The molecule has 0 N–H and O–H groups in total. The molecule has 0 bridgehead atoms. The van der Waals surface area contributed by atoms with Gasteiger partial charge in [-0.1, -0.05) is 149 Å². The average Bonchev–Trinajstić information content (AvgIpc) is 2.68. The van der Waals surface area contributed by atoms with Crippen LogP contribution in [0.3, 0.4) is 0 Å². The molecule has 220 valence electrons. The van der Waals surface area contributed by atoms with E-state index in [9.17, 15) is 0 Å². The standard InChI is InChI=1S/C39H64/c1-34(2,3)28-25-30(36(7,8)9)29(35(4,5)6)24-27(28)21-19-20-26-22-31(37(10,11)12)33(39(16,17)18)32(23-26)38(13,14)15/h22-25H,19-21H2,1-18H3. The van der Waals surface area contributed by atoms with Crippen LogP contribution in [0, 0.1) is 0 Å². The van der Waals surface area contributed by atoms with E-state index in [2.05, 4.69) is 149 Å². The first kappa shape index (κ1) is 33.6. The maximum absolute atomic E-state index is 2.57. The highest BCUT2D eigenvalue weighted by molar-refractivity contribution is 5.50. The molecular formula is C39H64. The van der Waals surface area contributed by atoms with E-state index in [1.807, 2.05) is 0 Å². The molecule has 0 heterocycles. The first-order valence-electron chi connectivity index (χ1n) is 15.5. The molecule has 0 saturated heterocycles. The summed E-state index contributed by atoms with van der Waals surface area (Å²) in [5.41, 5.74) is 12.9. The van der Waals surface area contributed by atoms with Gasteiger partial charge in [0.2, 0.25) is 0 Å². The summed E-state index contributed by atoms with van der Waals surface area (Å²) in [6.07, 6.45) is 3.41. The van der Waals surface area contributed by atoms with Crippen molar-refractivity contribution < 1.29 is 0 Å². The summed E-state index contributed by atoms with van der Waals surface area (Å²) in [7, 11) is 0. The summed E-state index contributed by atoms with van der Waals surface area (Å²) >= 11 is 0. The molecule has 0 amide bonds. The van der Waals surface area contributed by atoms with Crippen LogP contribution in [0.5, 0.6) is 0 Å². The molecule has 0 aliphatic carbocycles. The van der Waals surface area contributed by atoms with Crippen LogP contribution in [-0.2, 0) is 45.3 Å². The van der Waals surface area contributed by atoms with Crippen molar-refractivity contribution in [3.8, 4) is 0 Å². The topological polar surface area (TPSA) is 0 Å². The van der Waals surface area contributed by atoms with Crippen LogP contribution in [0.1, 0.15) is 176 Å². The Morgan fingerprint density at radius 2 is 0.718 bits per heavy atom. The molecule has 0 aromatic heterocycles. The van der Waals surface area contributed by atoms with Crippen LogP contribution >= 0.6 is 0 Å². The van der Waals surface area contributed by atoms with Gasteiger partial charge in [0.25, 0.3) is 0 Å². The van der Waals surface area contributed by atoms with E-state index in [-0.39, 0.29) is 32.5 Å². The third-order valence-electron chi connectivity index (χ3n) is 8.14. The second kappa shape index (κ2) is 10.7. The lowest BCUT2D eigenvalue weighted by Gasteiger charge is -2.37. The van der Waals surface area contributed by atoms with Gasteiger partial charge < -0.3 is 0 Å². The minimum Gasteiger partial charge on any atom is -0.0561 e. The molecule has 2 aromatic carbocycles. The fourth-order valence-electron chi connectivity index (χ4n) is 6.11. The summed E-state index contributed by atoms with van der Waals surface area (Å²) in [5, 5.41) is 0.